The molecule has 4 nitrogen and oxygen atoms in total. The molecule has 0 aromatic carbocycles. The molecule has 0 aromatic heterocycles. The van der Waals surface area contributed by atoms with Gasteiger partial charge in [-0.15, -0.1) is 0 Å². The first kappa shape index (κ1) is 10.9. The van der Waals surface area contributed by atoms with Crippen molar-refractivity contribution in [3.05, 3.63) is 0 Å². The highest BCUT2D eigenvalue weighted by atomic mass is 16.5. The van der Waals surface area contributed by atoms with Crippen molar-refractivity contribution in [3.8, 4) is 0 Å². The van der Waals surface area contributed by atoms with Crippen LogP contribution >= 0.6 is 0 Å². The van der Waals surface area contributed by atoms with E-state index in [1.165, 1.54) is 0 Å². The molecule has 1 amide bonds. The number of carbonyl (C=O) groups excluding carboxylic acids is 1. The van der Waals surface area contributed by atoms with Crippen LogP contribution in [-0.4, -0.2) is 43.2 Å². The lowest BCUT2D eigenvalue weighted by molar-refractivity contribution is -0.153. The highest BCUT2D eigenvalue weighted by molar-refractivity contribution is 5.81. The van der Waals surface area contributed by atoms with Crippen LogP contribution in [0.5, 0.6) is 0 Å². The zero-order valence-corrected chi connectivity index (χ0v) is 9.15. The summed E-state index contributed by atoms with van der Waals surface area (Å²) in [5.41, 5.74) is 5.48. The number of hydrogen-bond acceptors (Lipinski definition) is 3. The molecule has 0 aromatic rings. The number of nitrogens with zero attached hydrogens (tertiary/aromatic N) is 1. The van der Waals surface area contributed by atoms with E-state index in [0.717, 1.165) is 51.9 Å². The van der Waals surface area contributed by atoms with Crippen molar-refractivity contribution in [2.24, 2.45) is 11.7 Å². The second-order valence-electron chi connectivity index (χ2n) is 4.54. The molecule has 2 N–H and O–H groups in total. The molecular weight excluding hydrogens is 192 g/mol. The summed E-state index contributed by atoms with van der Waals surface area (Å²) in [5.74, 6) is 0.825. The van der Waals surface area contributed by atoms with Crippen molar-refractivity contribution in [2.45, 2.75) is 31.8 Å². The Bertz CT molecular complexity index is 221. The first-order valence-electron chi connectivity index (χ1n) is 5.91. The Labute approximate surface area is 90.8 Å². The van der Waals surface area contributed by atoms with Gasteiger partial charge in [-0.2, -0.15) is 0 Å². The largest absolute Gasteiger partial charge is 0.368 e. The monoisotopic (exact) mass is 212 g/mol. The second kappa shape index (κ2) is 4.94. The minimum atomic E-state index is -0.155. The van der Waals surface area contributed by atoms with Crippen molar-refractivity contribution in [2.75, 3.05) is 26.2 Å². The van der Waals surface area contributed by atoms with Crippen LogP contribution in [0, 0.1) is 5.92 Å². The number of nitrogens with two attached hydrogens (primary N) is 1. The van der Waals surface area contributed by atoms with Gasteiger partial charge in [0.2, 0.25) is 0 Å². The van der Waals surface area contributed by atoms with Gasteiger partial charge in [-0.1, -0.05) is 0 Å². The highest BCUT2D eigenvalue weighted by Crippen LogP contribution is 2.22. The van der Waals surface area contributed by atoms with E-state index in [1.807, 2.05) is 4.90 Å². The maximum Gasteiger partial charge on any atom is 0.251 e. The fourth-order valence-corrected chi connectivity index (χ4v) is 2.31. The fourth-order valence-electron chi connectivity index (χ4n) is 2.31. The lowest BCUT2D eigenvalue weighted by atomic mass is 9.95. The molecule has 86 valence electrons. The van der Waals surface area contributed by atoms with E-state index in [2.05, 4.69) is 0 Å². The number of rotatable bonds is 3. The van der Waals surface area contributed by atoms with E-state index in [9.17, 15) is 4.79 Å². The zero-order valence-electron chi connectivity index (χ0n) is 9.15. The molecule has 2 fully saturated rings. The predicted octanol–water partition coefficient (Wildman–Crippen LogP) is 0.363. The summed E-state index contributed by atoms with van der Waals surface area (Å²) in [5, 5.41) is 0. The average Bonchev–Trinajstić information content (AvgIpc) is 2.23. The molecule has 1 unspecified atom stereocenters. The molecule has 2 saturated heterocycles. The van der Waals surface area contributed by atoms with Crippen LogP contribution in [-0.2, 0) is 9.53 Å². The van der Waals surface area contributed by atoms with Crippen molar-refractivity contribution in [1.82, 2.24) is 4.90 Å². The molecule has 4 heteroatoms. The molecule has 0 spiro atoms. The van der Waals surface area contributed by atoms with E-state index < -0.39 is 0 Å². The SMILES string of the molecule is NCCC1CN(C(=O)C2CCCCO2)C1. The molecule has 0 radical (unpaired) electrons. The van der Waals surface area contributed by atoms with Crippen LogP contribution in [0.1, 0.15) is 25.7 Å². The number of likely N-dealkylation sites (tertiary alicyclic amines) is 1. The molecule has 2 rings (SSSR count). The van der Waals surface area contributed by atoms with E-state index in [1.54, 1.807) is 0 Å². The minimum Gasteiger partial charge on any atom is -0.368 e. The molecule has 0 saturated carbocycles. The van der Waals surface area contributed by atoms with Gasteiger partial charge in [0.1, 0.15) is 6.10 Å². The summed E-state index contributed by atoms with van der Waals surface area (Å²) in [6.45, 7) is 3.24. The summed E-state index contributed by atoms with van der Waals surface area (Å²) in [7, 11) is 0. The Morgan fingerprint density at radius 2 is 2.20 bits per heavy atom. The van der Waals surface area contributed by atoms with Crippen molar-refractivity contribution in [3.63, 3.8) is 0 Å². The van der Waals surface area contributed by atoms with E-state index in [4.69, 9.17) is 10.5 Å². The van der Waals surface area contributed by atoms with Gasteiger partial charge in [0.05, 0.1) is 0 Å². The summed E-state index contributed by atoms with van der Waals surface area (Å²) in [6.07, 6.45) is 4.00. The van der Waals surface area contributed by atoms with E-state index in [0.29, 0.717) is 5.92 Å². The quantitative estimate of drug-likeness (QED) is 0.735. The molecular formula is C11H20N2O2. The van der Waals surface area contributed by atoms with Crippen LogP contribution in [0.4, 0.5) is 0 Å². The zero-order chi connectivity index (χ0) is 10.7. The lowest BCUT2D eigenvalue weighted by Crippen LogP contribution is -2.54. The Balaban J connectivity index is 1.73. The van der Waals surface area contributed by atoms with Gasteiger partial charge >= 0.3 is 0 Å². The van der Waals surface area contributed by atoms with Crippen molar-refractivity contribution in [1.29, 1.82) is 0 Å². The number of ether oxygens (including phenoxy) is 1. The van der Waals surface area contributed by atoms with Gasteiger partial charge in [0.25, 0.3) is 5.91 Å². The molecule has 0 bridgehead atoms. The van der Waals surface area contributed by atoms with E-state index in [-0.39, 0.29) is 12.0 Å². The molecule has 2 aliphatic heterocycles. The summed E-state index contributed by atoms with van der Waals surface area (Å²) in [4.78, 5) is 13.8. The number of hydrogen-bond donors (Lipinski definition) is 1. The van der Waals surface area contributed by atoms with Gasteiger partial charge in [-0.05, 0) is 38.1 Å². The summed E-state index contributed by atoms with van der Waals surface area (Å²) >= 11 is 0. The highest BCUT2D eigenvalue weighted by Gasteiger charge is 2.34. The Kier molecular flexibility index (Phi) is 3.59. The standard InChI is InChI=1S/C11H20N2O2/c12-5-4-9-7-13(8-9)11(14)10-3-1-2-6-15-10/h9-10H,1-8,12H2. The fraction of sp³-hybridized carbons (Fsp3) is 0.909. The smallest absolute Gasteiger partial charge is 0.251 e. The maximum absolute atomic E-state index is 11.9. The third-order valence-electron chi connectivity index (χ3n) is 3.30. The second-order valence-corrected chi connectivity index (χ2v) is 4.54. The average molecular weight is 212 g/mol. The van der Waals surface area contributed by atoms with Crippen molar-refractivity contribution < 1.29 is 9.53 Å². The lowest BCUT2D eigenvalue weighted by Gasteiger charge is -2.41. The predicted molar refractivity (Wildman–Crippen MR) is 57.3 cm³/mol. The molecule has 15 heavy (non-hydrogen) atoms. The molecule has 1 atom stereocenters. The molecule has 2 heterocycles. The van der Waals surface area contributed by atoms with Crippen LogP contribution in [0.15, 0.2) is 0 Å². The van der Waals surface area contributed by atoms with Gasteiger partial charge in [0, 0.05) is 19.7 Å². The van der Waals surface area contributed by atoms with Gasteiger partial charge in [0.15, 0.2) is 0 Å². The first-order chi connectivity index (χ1) is 7.31. The Morgan fingerprint density at radius 1 is 1.40 bits per heavy atom. The summed E-state index contributed by atoms with van der Waals surface area (Å²) in [6, 6.07) is 0. The van der Waals surface area contributed by atoms with Crippen LogP contribution in [0.3, 0.4) is 0 Å². The maximum atomic E-state index is 11.9. The Morgan fingerprint density at radius 3 is 2.80 bits per heavy atom. The Hall–Kier alpha value is -0.610. The molecule has 2 aliphatic rings. The van der Waals surface area contributed by atoms with Gasteiger partial charge < -0.3 is 15.4 Å². The van der Waals surface area contributed by atoms with Crippen LogP contribution < -0.4 is 5.73 Å². The van der Waals surface area contributed by atoms with Gasteiger partial charge in [-0.3, -0.25) is 4.79 Å². The topological polar surface area (TPSA) is 55.6 Å². The minimum absolute atomic E-state index is 0.155. The number of amides is 1. The van der Waals surface area contributed by atoms with Crippen LogP contribution in [0.25, 0.3) is 0 Å². The third kappa shape index (κ3) is 2.49. The summed E-state index contributed by atoms with van der Waals surface area (Å²) < 4.78 is 5.48. The van der Waals surface area contributed by atoms with Gasteiger partial charge in [-0.25, -0.2) is 0 Å². The molecule has 0 aliphatic carbocycles. The third-order valence-corrected chi connectivity index (χ3v) is 3.30. The van der Waals surface area contributed by atoms with Crippen molar-refractivity contribution >= 4 is 5.91 Å². The normalized spacial score (nSPS) is 27.5. The number of carbonyl (C=O) groups is 1. The van der Waals surface area contributed by atoms with E-state index >= 15 is 0 Å². The van der Waals surface area contributed by atoms with Crippen LogP contribution in [0.2, 0.25) is 0 Å². The first-order valence-corrected chi connectivity index (χ1v) is 5.91.